The van der Waals surface area contributed by atoms with Crippen LogP contribution in [0.5, 0.6) is 69.0 Å². The fourth-order valence-electron chi connectivity index (χ4n) is 17.8. The molecular formula is C90H63B3O9. The summed E-state index contributed by atoms with van der Waals surface area (Å²) < 4.78 is 64.9. The van der Waals surface area contributed by atoms with E-state index in [2.05, 4.69) is 269 Å². The van der Waals surface area contributed by atoms with Crippen molar-refractivity contribution in [3.63, 3.8) is 0 Å². The van der Waals surface area contributed by atoms with Crippen molar-refractivity contribution in [3.05, 3.63) is 235 Å². The molecule has 0 saturated carbocycles. The molecule has 0 saturated heterocycles. The van der Waals surface area contributed by atoms with Crippen LogP contribution in [0.15, 0.2) is 232 Å². The van der Waals surface area contributed by atoms with Crippen LogP contribution in [-0.2, 0) is 16.2 Å². The zero-order chi connectivity index (χ0) is 68.3. The lowest BCUT2D eigenvalue weighted by atomic mass is 9.30. The SMILES string of the molecule is CC(C)(C)c1cccc2c1oc1c(-c3cc4c5c(c3)Oc3cc6c(cc3B5c3ccccc3O4)B3c4cc5c(cc4Oc4cc(-c7cccc8c7oc7c(C(C)(C)C)cccc78)cc(c43)O6)Oc3cc(-c4cccc6c4oc4c(C(C)(C)C)cccc46)cc4c3B5c3ccccc3O4)cccc12. The second-order valence-corrected chi connectivity index (χ2v) is 31.7. The van der Waals surface area contributed by atoms with E-state index in [1.54, 1.807) is 0 Å². The maximum Gasteiger partial charge on any atom is 0.260 e. The third-order valence-corrected chi connectivity index (χ3v) is 22.4. The Kier molecular flexibility index (Phi) is 11.4. The average molecular weight is 1320 g/mol. The Hall–Kier alpha value is -11.7. The Morgan fingerprint density at radius 2 is 0.471 bits per heavy atom. The highest BCUT2D eigenvalue weighted by Crippen LogP contribution is 2.50. The van der Waals surface area contributed by atoms with Gasteiger partial charge in [-0.05, 0) is 114 Å². The number of furan rings is 3. The van der Waals surface area contributed by atoms with Gasteiger partial charge in [0.05, 0.1) is 0 Å². The van der Waals surface area contributed by atoms with Crippen LogP contribution in [0, 0.1) is 0 Å². The molecule has 13 aromatic carbocycles. The largest absolute Gasteiger partial charge is 0.458 e. The van der Waals surface area contributed by atoms with Crippen LogP contribution in [0.2, 0.25) is 0 Å². The zero-order valence-electron chi connectivity index (χ0n) is 57.7. The van der Waals surface area contributed by atoms with Crippen molar-refractivity contribution in [2.45, 2.75) is 78.6 Å². The molecule has 0 spiro atoms. The minimum absolute atomic E-state index is 0.131. The maximum atomic E-state index is 7.48. The van der Waals surface area contributed by atoms with Crippen LogP contribution in [0.25, 0.3) is 99.2 Å². The van der Waals surface area contributed by atoms with Gasteiger partial charge in [-0.2, -0.15) is 0 Å². The summed E-state index contributed by atoms with van der Waals surface area (Å²) in [6.45, 7) is 19.2. The zero-order valence-corrected chi connectivity index (χ0v) is 57.7. The van der Waals surface area contributed by atoms with Crippen LogP contribution >= 0.6 is 0 Å². The van der Waals surface area contributed by atoms with Gasteiger partial charge in [0.2, 0.25) is 0 Å². The summed E-state index contributed by atoms with van der Waals surface area (Å²) in [5.74, 6) is 8.58. The fraction of sp³-hybridized carbons (Fsp3) is 0.133. The van der Waals surface area contributed by atoms with E-state index in [1.807, 2.05) is 12.1 Å². The van der Waals surface area contributed by atoms with Crippen molar-refractivity contribution in [2.24, 2.45) is 0 Å². The molecule has 0 radical (unpaired) electrons. The number of para-hydroxylation sites is 8. The van der Waals surface area contributed by atoms with Gasteiger partial charge in [-0.15, -0.1) is 0 Å². The van der Waals surface area contributed by atoms with Crippen molar-refractivity contribution in [2.75, 3.05) is 0 Å². The normalized spacial score (nSPS) is 14.1. The summed E-state index contributed by atoms with van der Waals surface area (Å²) >= 11 is 0. The molecule has 9 heterocycles. The Morgan fingerprint density at radius 1 is 0.216 bits per heavy atom. The van der Waals surface area contributed by atoms with E-state index in [-0.39, 0.29) is 36.4 Å². The van der Waals surface area contributed by atoms with Crippen molar-refractivity contribution in [3.8, 4) is 102 Å². The third kappa shape index (κ3) is 8.09. The van der Waals surface area contributed by atoms with Gasteiger partial charge in [0.1, 0.15) is 102 Å². The lowest BCUT2D eigenvalue weighted by Crippen LogP contribution is -2.63. The molecule has 22 rings (SSSR count). The molecule has 486 valence electrons. The first-order valence-electron chi connectivity index (χ1n) is 35.4. The molecule has 12 heteroatoms. The molecule has 102 heavy (non-hydrogen) atoms. The molecule has 0 aliphatic carbocycles. The number of hydrogen-bond acceptors (Lipinski definition) is 9. The number of fused-ring (bicyclic) bond motifs is 21. The third-order valence-electron chi connectivity index (χ3n) is 22.4. The molecule has 16 aromatic rings. The highest BCUT2D eigenvalue weighted by Gasteiger charge is 2.49. The van der Waals surface area contributed by atoms with Crippen molar-refractivity contribution < 1.29 is 41.7 Å². The lowest BCUT2D eigenvalue weighted by molar-refractivity contribution is 0.448. The lowest BCUT2D eigenvalue weighted by Gasteiger charge is -2.38. The predicted molar refractivity (Wildman–Crippen MR) is 414 cm³/mol. The highest BCUT2D eigenvalue weighted by atomic mass is 16.5. The average Bonchev–Trinajstić information content (AvgIpc) is 1.01. The van der Waals surface area contributed by atoms with E-state index in [4.69, 9.17) is 41.7 Å². The second kappa shape index (κ2) is 20.0. The molecule has 0 amide bonds. The molecule has 9 nitrogen and oxygen atoms in total. The van der Waals surface area contributed by atoms with Crippen LogP contribution in [0.4, 0.5) is 0 Å². The Labute approximate surface area is 589 Å². The molecule has 0 bridgehead atoms. The fourth-order valence-corrected chi connectivity index (χ4v) is 17.8. The quantitative estimate of drug-likeness (QED) is 0.160. The van der Waals surface area contributed by atoms with Gasteiger partial charge in [-0.25, -0.2) is 0 Å². The van der Waals surface area contributed by atoms with E-state index in [0.717, 1.165) is 188 Å². The summed E-state index contributed by atoms with van der Waals surface area (Å²) in [5, 5.41) is 6.41. The van der Waals surface area contributed by atoms with E-state index in [0.29, 0.717) is 46.0 Å². The maximum absolute atomic E-state index is 7.48. The van der Waals surface area contributed by atoms with Crippen LogP contribution in [0.3, 0.4) is 0 Å². The highest BCUT2D eigenvalue weighted by molar-refractivity contribution is 7.02. The first-order valence-corrected chi connectivity index (χ1v) is 35.4. The molecule has 0 unspecified atom stereocenters. The summed E-state index contributed by atoms with van der Waals surface area (Å²) in [4.78, 5) is 0. The van der Waals surface area contributed by atoms with Crippen molar-refractivity contribution in [1.82, 2.24) is 0 Å². The summed E-state index contributed by atoms with van der Waals surface area (Å²) in [5.41, 5.74) is 22.7. The van der Waals surface area contributed by atoms with Crippen LogP contribution < -0.4 is 77.6 Å². The molecule has 0 atom stereocenters. The molecule has 6 aliphatic heterocycles. The topological polar surface area (TPSA) is 94.8 Å². The van der Waals surface area contributed by atoms with Crippen LogP contribution in [0.1, 0.15) is 79.0 Å². The minimum atomic E-state index is -0.383. The molecular weight excluding hydrogens is 1260 g/mol. The van der Waals surface area contributed by atoms with Gasteiger partial charge >= 0.3 is 0 Å². The van der Waals surface area contributed by atoms with Gasteiger partial charge in [-0.3, -0.25) is 0 Å². The molecule has 3 aromatic heterocycles. The predicted octanol–water partition coefficient (Wildman–Crippen LogP) is 18.5. The number of rotatable bonds is 3. The van der Waals surface area contributed by atoms with E-state index in [1.165, 1.54) is 0 Å². The molecule has 0 N–H and O–H groups in total. The molecule has 6 aliphatic rings. The van der Waals surface area contributed by atoms with E-state index < -0.39 is 0 Å². The Balaban J connectivity index is 0.738. The van der Waals surface area contributed by atoms with Crippen molar-refractivity contribution >= 4 is 135 Å². The van der Waals surface area contributed by atoms with E-state index in [9.17, 15) is 0 Å². The van der Waals surface area contributed by atoms with Gasteiger partial charge < -0.3 is 41.7 Å². The first-order chi connectivity index (χ1) is 49.4. The Morgan fingerprint density at radius 3 is 0.765 bits per heavy atom. The molecule has 0 fully saturated rings. The van der Waals surface area contributed by atoms with Crippen molar-refractivity contribution in [1.29, 1.82) is 0 Å². The van der Waals surface area contributed by atoms with Gasteiger partial charge in [0.15, 0.2) is 0 Å². The number of ether oxygens (including phenoxy) is 6. The monoisotopic (exact) mass is 1320 g/mol. The van der Waals surface area contributed by atoms with Crippen LogP contribution in [-0.4, -0.2) is 20.1 Å². The standard InChI is InChI=1S/C90H63B3O9/c1-88(2,3)58-29-17-26-55-52-23-14-20-49(82(52)100-85(55)58)46-36-73-79-75(38-46)96-69-44-71-65(42-63(69)91(79)61-32-10-12-34-67(61)94-73)93-66-43-64-70(45-72(66)99-78-41-48(40-77(98-71)81(78)93)51-22-16-25-54-57-28-19-31-60(90(7,8)9)87(57)102-84(51)54)97-76-39-47(37-74-80(76)92(64)62-33-11-13-35-68(62)95-74)50-21-15-24-53-56-27-18-30-59(89(4,5)6)86(56)101-83(50)53/h10-45H,1-9H3. The van der Waals surface area contributed by atoms with Gasteiger partial charge in [0.25, 0.3) is 20.1 Å². The second-order valence-electron chi connectivity index (χ2n) is 31.7. The Bertz CT molecular complexity index is 6180. The minimum Gasteiger partial charge on any atom is -0.458 e. The number of hydrogen-bond donors (Lipinski definition) is 0. The summed E-state index contributed by atoms with van der Waals surface area (Å²) in [7, 11) is 0. The van der Waals surface area contributed by atoms with Gasteiger partial charge in [0, 0.05) is 94.2 Å². The number of benzene rings is 13. The van der Waals surface area contributed by atoms with Gasteiger partial charge in [-0.1, -0.05) is 220 Å². The first kappa shape index (κ1) is 58.1. The summed E-state index contributed by atoms with van der Waals surface area (Å²) in [6.07, 6.45) is 0. The summed E-state index contributed by atoms with van der Waals surface area (Å²) in [6, 6.07) is 77.4. The van der Waals surface area contributed by atoms with E-state index >= 15 is 0 Å². The smallest absolute Gasteiger partial charge is 0.260 e.